The van der Waals surface area contributed by atoms with E-state index in [0.29, 0.717) is 22.5 Å². The molecule has 1 aromatic heterocycles. The Kier molecular flexibility index (Phi) is 5.13. The molecule has 0 atom stereocenters. The van der Waals surface area contributed by atoms with Gasteiger partial charge < -0.3 is 20.3 Å². The van der Waals surface area contributed by atoms with Crippen molar-refractivity contribution in [3.8, 4) is 0 Å². The number of hydrogen-bond donors (Lipinski definition) is 3. The first-order valence-electron chi connectivity index (χ1n) is 10.4. The highest BCUT2D eigenvalue weighted by molar-refractivity contribution is 6.24. The number of anilines is 1. The number of rotatable bonds is 4. The monoisotopic (exact) mass is 418 g/mol. The summed E-state index contributed by atoms with van der Waals surface area (Å²) < 4.78 is 14.7. The maximum Gasteiger partial charge on any atom is 0.170 e. The van der Waals surface area contributed by atoms with Crippen molar-refractivity contribution < 1.29 is 14.3 Å². The summed E-state index contributed by atoms with van der Waals surface area (Å²) in [6.07, 6.45) is 3.57. The normalized spacial score (nSPS) is 17.1. The first-order valence-corrected chi connectivity index (χ1v) is 10.4. The molecule has 158 valence electrons. The zero-order chi connectivity index (χ0) is 21.4. The summed E-state index contributed by atoms with van der Waals surface area (Å²) in [5.41, 5.74) is 4.42. The Morgan fingerprint density at radius 2 is 2.00 bits per heavy atom. The number of halogens is 1. The Hall–Kier alpha value is -3.29. The predicted molar refractivity (Wildman–Crippen MR) is 119 cm³/mol. The van der Waals surface area contributed by atoms with Crippen LogP contribution in [0.4, 0.5) is 10.1 Å². The van der Waals surface area contributed by atoms with E-state index >= 15 is 0 Å². The van der Waals surface area contributed by atoms with E-state index < -0.39 is 5.82 Å². The fourth-order valence-corrected chi connectivity index (χ4v) is 4.17. The van der Waals surface area contributed by atoms with Crippen molar-refractivity contribution >= 4 is 33.7 Å². The van der Waals surface area contributed by atoms with Crippen LogP contribution in [0.5, 0.6) is 0 Å². The van der Waals surface area contributed by atoms with Gasteiger partial charge in [0.2, 0.25) is 0 Å². The van der Waals surface area contributed by atoms with Gasteiger partial charge in [-0.2, -0.15) is 0 Å². The second-order valence-electron chi connectivity index (χ2n) is 7.81. The predicted octanol–water partition coefficient (Wildman–Crippen LogP) is 3.04. The number of carbonyl (C=O) groups is 1. The van der Waals surface area contributed by atoms with E-state index in [9.17, 15) is 14.3 Å². The summed E-state index contributed by atoms with van der Waals surface area (Å²) >= 11 is 0. The molecule has 2 aliphatic rings. The molecule has 0 saturated carbocycles. The van der Waals surface area contributed by atoms with E-state index in [-0.39, 0.29) is 24.4 Å². The van der Waals surface area contributed by atoms with Crippen molar-refractivity contribution in [2.75, 3.05) is 31.1 Å². The zero-order valence-corrected chi connectivity index (χ0v) is 17.0. The zero-order valence-electron chi connectivity index (χ0n) is 17.0. The van der Waals surface area contributed by atoms with Gasteiger partial charge in [-0.1, -0.05) is 24.3 Å². The van der Waals surface area contributed by atoms with Crippen molar-refractivity contribution in [3.63, 3.8) is 0 Å². The minimum absolute atomic E-state index is 0.0659. The molecule has 1 fully saturated rings. The number of aliphatic hydroxyl groups is 1. The van der Waals surface area contributed by atoms with Gasteiger partial charge in [-0.3, -0.25) is 4.79 Å². The van der Waals surface area contributed by atoms with Gasteiger partial charge in [0.25, 0.3) is 0 Å². The molecular formula is C24H23FN4O2. The van der Waals surface area contributed by atoms with Crippen molar-refractivity contribution in [3.05, 3.63) is 71.3 Å². The molecular weight excluding hydrogens is 395 g/mol. The van der Waals surface area contributed by atoms with Crippen molar-refractivity contribution in [2.24, 2.45) is 0 Å². The molecule has 0 bridgehead atoms. The molecule has 3 aromatic rings. The molecule has 1 saturated heterocycles. The lowest BCUT2D eigenvalue weighted by Crippen LogP contribution is -2.43. The maximum absolute atomic E-state index is 14.7. The van der Waals surface area contributed by atoms with Crippen LogP contribution in [0.2, 0.25) is 0 Å². The van der Waals surface area contributed by atoms with Crippen molar-refractivity contribution in [1.82, 2.24) is 15.3 Å². The number of nitrogens with one attached hydrogen (secondary N) is 2. The van der Waals surface area contributed by atoms with Crippen LogP contribution in [0, 0.1) is 5.82 Å². The lowest BCUT2D eigenvalue weighted by Gasteiger charge is -2.29. The summed E-state index contributed by atoms with van der Waals surface area (Å²) in [6.45, 7) is 3.43. The van der Waals surface area contributed by atoms with E-state index in [1.165, 1.54) is 0 Å². The largest absolute Gasteiger partial charge is 0.392 e. The number of allylic oxidation sites excluding steroid dienone is 4. The number of hydrogen-bond acceptors (Lipinski definition) is 5. The van der Waals surface area contributed by atoms with Gasteiger partial charge in [0, 0.05) is 49.4 Å². The van der Waals surface area contributed by atoms with E-state index in [1.54, 1.807) is 30.4 Å². The number of aromatic nitrogens is 2. The number of H-pyrrole nitrogens is 1. The third kappa shape index (κ3) is 3.66. The SMILES string of the molecule is O=C1CC=C(c2cccc(CO)c2F)C=C1c1nc2ccc(N3CCNCC3)cc2[nH]1. The van der Waals surface area contributed by atoms with Gasteiger partial charge in [0.1, 0.15) is 11.6 Å². The first-order chi connectivity index (χ1) is 15.1. The second-order valence-corrected chi connectivity index (χ2v) is 7.81. The Morgan fingerprint density at radius 1 is 1.16 bits per heavy atom. The first kappa shape index (κ1) is 19.7. The number of aromatic amines is 1. The van der Waals surface area contributed by atoms with Gasteiger partial charge in [0.15, 0.2) is 5.78 Å². The van der Waals surface area contributed by atoms with Crippen LogP contribution in [0.25, 0.3) is 22.2 Å². The Morgan fingerprint density at radius 3 is 2.81 bits per heavy atom. The van der Waals surface area contributed by atoms with Gasteiger partial charge >= 0.3 is 0 Å². The van der Waals surface area contributed by atoms with Gasteiger partial charge in [-0.15, -0.1) is 0 Å². The van der Waals surface area contributed by atoms with Gasteiger partial charge in [-0.05, 0) is 29.8 Å². The quantitative estimate of drug-likeness (QED) is 0.607. The van der Waals surface area contributed by atoms with Crippen molar-refractivity contribution in [1.29, 1.82) is 0 Å². The number of carbonyl (C=O) groups excluding carboxylic acids is 1. The van der Waals surface area contributed by atoms with Crippen LogP contribution < -0.4 is 10.2 Å². The third-order valence-corrected chi connectivity index (χ3v) is 5.87. The average Bonchev–Trinajstić information content (AvgIpc) is 3.23. The number of fused-ring (bicyclic) bond motifs is 1. The molecule has 0 radical (unpaired) electrons. The minimum Gasteiger partial charge on any atom is -0.392 e. The molecule has 2 heterocycles. The van der Waals surface area contributed by atoms with Crippen LogP contribution >= 0.6 is 0 Å². The number of imidazole rings is 1. The lowest BCUT2D eigenvalue weighted by molar-refractivity contribution is -0.113. The molecule has 31 heavy (non-hydrogen) atoms. The molecule has 5 rings (SSSR count). The number of aliphatic hydroxyl groups excluding tert-OH is 1. The fraction of sp³-hybridized carbons (Fsp3) is 0.250. The highest BCUT2D eigenvalue weighted by Gasteiger charge is 2.22. The summed E-state index contributed by atoms with van der Waals surface area (Å²) in [7, 11) is 0. The molecule has 7 heteroatoms. The van der Waals surface area contributed by atoms with E-state index in [2.05, 4.69) is 32.3 Å². The van der Waals surface area contributed by atoms with E-state index in [1.807, 2.05) is 6.07 Å². The summed E-state index contributed by atoms with van der Waals surface area (Å²) in [5, 5.41) is 12.7. The van der Waals surface area contributed by atoms with E-state index in [4.69, 9.17) is 0 Å². The number of Topliss-reactive ketones (excluding diaryl/α,β-unsaturated/α-hetero) is 1. The smallest absolute Gasteiger partial charge is 0.170 e. The standard InChI is InChI=1S/C24H23FN4O2/c25-23-16(14-30)2-1-3-18(23)15-4-7-22(31)19(12-15)24-27-20-6-5-17(13-21(20)28-24)29-10-8-26-9-11-29/h1-6,12-13,26,30H,7-11,14H2,(H,27,28). The highest BCUT2D eigenvalue weighted by Crippen LogP contribution is 2.31. The molecule has 1 aliphatic carbocycles. The van der Waals surface area contributed by atoms with E-state index in [0.717, 1.165) is 42.9 Å². The minimum atomic E-state index is -0.466. The van der Waals surface area contributed by atoms with Gasteiger partial charge in [0.05, 0.1) is 23.2 Å². The second kappa shape index (κ2) is 8.09. The fourth-order valence-electron chi connectivity index (χ4n) is 4.17. The number of nitrogens with zero attached hydrogens (tertiary/aromatic N) is 2. The van der Waals surface area contributed by atoms with Crippen LogP contribution in [-0.2, 0) is 11.4 Å². The van der Waals surface area contributed by atoms with Crippen LogP contribution in [0.1, 0.15) is 23.4 Å². The topological polar surface area (TPSA) is 81.2 Å². The highest BCUT2D eigenvalue weighted by atomic mass is 19.1. The maximum atomic E-state index is 14.7. The summed E-state index contributed by atoms with van der Waals surface area (Å²) in [6, 6.07) is 11.0. The molecule has 0 spiro atoms. The average molecular weight is 418 g/mol. The van der Waals surface area contributed by atoms with Gasteiger partial charge in [-0.25, -0.2) is 9.37 Å². The number of piperazine rings is 1. The Balaban J connectivity index is 1.51. The molecule has 0 unspecified atom stereocenters. The van der Waals surface area contributed by atoms with Crippen LogP contribution in [0.3, 0.4) is 0 Å². The molecule has 0 amide bonds. The van der Waals surface area contributed by atoms with Crippen molar-refractivity contribution in [2.45, 2.75) is 13.0 Å². The Labute approximate surface area is 179 Å². The Bertz CT molecular complexity index is 1220. The lowest BCUT2D eigenvalue weighted by atomic mass is 9.92. The number of benzene rings is 2. The van der Waals surface area contributed by atoms with Crippen LogP contribution in [-0.4, -0.2) is 47.0 Å². The van der Waals surface area contributed by atoms with Crippen LogP contribution in [0.15, 0.2) is 48.6 Å². The third-order valence-electron chi connectivity index (χ3n) is 5.87. The molecule has 2 aromatic carbocycles. The molecule has 6 nitrogen and oxygen atoms in total. The summed E-state index contributed by atoms with van der Waals surface area (Å²) in [4.78, 5) is 22.9. The summed E-state index contributed by atoms with van der Waals surface area (Å²) in [5.74, 6) is -0.0443. The number of ketones is 1. The molecule has 1 aliphatic heterocycles. The molecule has 3 N–H and O–H groups in total.